The third-order valence-electron chi connectivity index (χ3n) is 3.98. The molecule has 1 fully saturated rings. The van der Waals surface area contributed by atoms with E-state index in [4.69, 9.17) is 9.47 Å². The van der Waals surface area contributed by atoms with Crippen molar-refractivity contribution in [3.63, 3.8) is 0 Å². The second-order valence-corrected chi connectivity index (χ2v) is 5.41. The Morgan fingerprint density at radius 1 is 1.29 bits per heavy atom. The van der Waals surface area contributed by atoms with Crippen molar-refractivity contribution < 1.29 is 24.2 Å². The van der Waals surface area contributed by atoms with E-state index in [0.717, 1.165) is 19.3 Å². The number of ether oxygens (including phenoxy) is 2. The summed E-state index contributed by atoms with van der Waals surface area (Å²) in [5, 5.41) is 14.8. The van der Waals surface area contributed by atoms with Crippen LogP contribution in [0.25, 0.3) is 0 Å². The molecule has 2 unspecified atom stereocenters. The summed E-state index contributed by atoms with van der Waals surface area (Å²) in [6.45, 7) is 3.55. The number of hydrogen-bond acceptors (Lipinski definition) is 4. The van der Waals surface area contributed by atoms with Crippen LogP contribution in [0.4, 0.5) is 4.79 Å². The molecule has 0 radical (unpaired) electrons. The fourth-order valence-electron chi connectivity index (χ4n) is 2.63. The molecule has 122 valence electrons. The molecule has 1 aliphatic rings. The Hall–Kier alpha value is -1.34. The van der Waals surface area contributed by atoms with Gasteiger partial charge in [-0.3, -0.25) is 0 Å². The Kier molecular flexibility index (Phi) is 7.45. The number of carboxylic acids is 1. The molecular weight excluding hydrogens is 276 g/mol. The van der Waals surface area contributed by atoms with Gasteiger partial charge in [-0.15, -0.1) is 0 Å². The highest BCUT2D eigenvalue weighted by Crippen LogP contribution is 2.33. The lowest BCUT2D eigenvalue weighted by Gasteiger charge is -2.39. The molecule has 0 aromatic carbocycles. The van der Waals surface area contributed by atoms with Crippen molar-refractivity contribution in [2.75, 3.05) is 33.5 Å². The lowest BCUT2D eigenvalue weighted by molar-refractivity contribution is -0.148. The van der Waals surface area contributed by atoms with Gasteiger partial charge in [0.15, 0.2) is 0 Å². The first-order valence-corrected chi connectivity index (χ1v) is 7.39. The molecule has 7 nitrogen and oxygen atoms in total. The zero-order valence-corrected chi connectivity index (χ0v) is 12.8. The lowest BCUT2D eigenvalue weighted by atomic mass is 9.73. The Morgan fingerprint density at radius 3 is 2.67 bits per heavy atom. The van der Waals surface area contributed by atoms with Crippen molar-refractivity contribution in [1.29, 1.82) is 0 Å². The van der Waals surface area contributed by atoms with E-state index in [1.807, 2.05) is 6.92 Å². The Balaban J connectivity index is 2.38. The van der Waals surface area contributed by atoms with Crippen molar-refractivity contribution in [2.24, 2.45) is 5.92 Å². The van der Waals surface area contributed by atoms with E-state index < -0.39 is 17.5 Å². The summed E-state index contributed by atoms with van der Waals surface area (Å²) in [5.74, 6) is -1.03. The maximum absolute atomic E-state index is 11.9. The van der Waals surface area contributed by atoms with Gasteiger partial charge in [-0.05, 0) is 18.8 Å². The van der Waals surface area contributed by atoms with Crippen LogP contribution in [0.5, 0.6) is 0 Å². The fraction of sp³-hybridized carbons (Fsp3) is 0.857. The molecule has 1 aliphatic carbocycles. The molecule has 1 saturated carbocycles. The maximum atomic E-state index is 11.9. The summed E-state index contributed by atoms with van der Waals surface area (Å²) in [6.07, 6.45) is 3.11. The second kappa shape index (κ2) is 8.84. The summed E-state index contributed by atoms with van der Waals surface area (Å²) >= 11 is 0. The van der Waals surface area contributed by atoms with Crippen molar-refractivity contribution in [3.05, 3.63) is 0 Å². The fourth-order valence-corrected chi connectivity index (χ4v) is 2.63. The monoisotopic (exact) mass is 302 g/mol. The molecule has 0 spiro atoms. The van der Waals surface area contributed by atoms with Gasteiger partial charge < -0.3 is 25.2 Å². The average molecular weight is 302 g/mol. The predicted octanol–water partition coefficient (Wildman–Crippen LogP) is 0.982. The molecule has 3 N–H and O–H groups in total. The summed E-state index contributed by atoms with van der Waals surface area (Å²) in [4.78, 5) is 23.5. The van der Waals surface area contributed by atoms with Gasteiger partial charge in [0.1, 0.15) is 5.54 Å². The summed E-state index contributed by atoms with van der Waals surface area (Å²) < 4.78 is 10.1. The minimum absolute atomic E-state index is 0.0764. The van der Waals surface area contributed by atoms with Crippen molar-refractivity contribution in [2.45, 2.75) is 38.1 Å². The highest BCUT2D eigenvalue weighted by Gasteiger charge is 2.46. The van der Waals surface area contributed by atoms with E-state index in [1.54, 1.807) is 7.11 Å². The van der Waals surface area contributed by atoms with E-state index >= 15 is 0 Å². The number of hydrogen-bond donors (Lipinski definition) is 3. The van der Waals surface area contributed by atoms with Crippen molar-refractivity contribution >= 4 is 12.0 Å². The number of carbonyl (C=O) groups is 2. The van der Waals surface area contributed by atoms with E-state index in [1.165, 1.54) is 0 Å². The molecule has 0 aliphatic heterocycles. The third kappa shape index (κ3) is 5.17. The van der Waals surface area contributed by atoms with Crippen molar-refractivity contribution in [1.82, 2.24) is 10.6 Å². The molecule has 2 atom stereocenters. The second-order valence-electron chi connectivity index (χ2n) is 5.41. The molecule has 0 aromatic rings. The Bertz CT molecular complexity index is 350. The van der Waals surface area contributed by atoms with Crippen LogP contribution in [0.3, 0.4) is 0 Å². The number of methoxy groups -OCH3 is 1. The maximum Gasteiger partial charge on any atom is 0.329 e. The summed E-state index contributed by atoms with van der Waals surface area (Å²) in [6, 6.07) is -0.457. The van der Waals surface area contributed by atoms with Gasteiger partial charge in [0.05, 0.1) is 19.8 Å². The highest BCUT2D eigenvalue weighted by molar-refractivity contribution is 5.86. The van der Waals surface area contributed by atoms with E-state index in [0.29, 0.717) is 32.8 Å². The number of urea groups is 1. The van der Waals surface area contributed by atoms with Crippen LogP contribution in [-0.2, 0) is 14.3 Å². The van der Waals surface area contributed by atoms with Crippen LogP contribution in [0.1, 0.15) is 32.6 Å². The van der Waals surface area contributed by atoms with Gasteiger partial charge in [-0.2, -0.15) is 0 Å². The quantitative estimate of drug-likeness (QED) is 0.581. The van der Waals surface area contributed by atoms with Gasteiger partial charge in [0.2, 0.25) is 0 Å². The number of rotatable bonds is 8. The zero-order valence-electron chi connectivity index (χ0n) is 12.8. The highest BCUT2D eigenvalue weighted by atomic mass is 16.5. The largest absolute Gasteiger partial charge is 0.479 e. The number of nitrogens with one attached hydrogen (secondary N) is 2. The van der Waals surface area contributed by atoms with Crippen LogP contribution in [0, 0.1) is 5.92 Å². The molecular formula is C14H26N2O5. The standard InChI is InChI=1S/C14H26N2O5/c1-11-5-3-4-6-14(11,12(17)18)16-13(19)15-7-8-21-10-9-20-2/h11H,3-10H2,1-2H3,(H,17,18)(H2,15,16,19). The SMILES string of the molecule is COCCOCCNC(=O)NC1(C(=O)O)CCCCC1C. The summed E-state index contributed by atoms with van der Waals surface area (Å²) in [7, 11) is 1.59. The number of carboxylic acid groups (broad SMARTS) is 1. The van der Waals surface area contributed by atoms with Crippen LogP contribution >= 0.6 is 0 Å². The molecule has 0 bridgehead atoms. The first-order valence-electron chi connectivity index (χ1n) is 7.39. The summed E-state index contributed by atoms with van der Waals surface area (Å²) in [5.41, 5.74) is -1.15. The van der Waals surface area contributed by atoms with E-state index in [9.17, 15) is 14.7 Å². The number of amides is 2. The minimum Gasteiger partial charge on any atom is -0.479 e. The minimum atomic E-state index is -1.15. The van der Waals surface area contributed by atoms with E-state index in [-0.39, 0.29) is 5.92 Å². The molecule has 0 aromatic heterocycles. The third-order valence-corrected chi connectivity index (χ3v) is 3.98. The molecule has 2 amide bonds. The molecule has 7 heteroatoms. The molecule has 0 heterocycles. The van der Waals surface area contributed by atoms with Gasteiger partial charge in [0.25, 0.3) is 0 Å². The van der Waals surface area contributed by atoms with Gasteiger partial charge in [-0.1, -0.05) is 19.8 Å². The zero-order chi connectivity index (χ0) is 15.7. The predicted molar refractivity (Wildman–Crippen MR) is 77.2 cm³/mol. The van der Waals surface area contributed by atoms with Crippen LogP contribution < -0.4 is 10.6 Å². The van der Waals surface area contributed by atoms with Gasteiger partial charge in [0, 0.05) is 13.7 Å². The average Bonchev–Trinajstić information content (AvgIpc) is 2.45. The van der Waals surface area contributed by atoms with E-state index in [2.05, 4.69) is 10.6 Å². The van der Waals surface area contributed by atoms with Crippen molar-refractivity contribution in [3.8, 4) is 0 Å². The smallest absolute Gasteiger partial charge is 0.329 e. The molecule has 0 saturated heterocycles. The van der Waals surface area contributed by atoms with Crippen LogP contribution in [0.15, 0.2) is 0 Å². The normalized spacial score (nSPS) is 25.3. The topological polar surface area (TPSA) is 96.9 Å². The number of aliphatic carboxylic acids is 1. The van der Waals surface area contributed by atoms with Gasteiger partial charge >= 0.3 is 12.0 Å². The molecule has 1 rings (SSSR count). The van der Waals surface area contributed by atoms with Crippen LogP contribution in [0.2, 0.25) is 0 Å². The van der Waals surface area contributed by atoms with Crippen LogP contribution in [-0.4, -0.2) is 56.1 Å². The first-order chi connectivity index (χ1) is 10.0. The van der Waals surface area contributed by atoms with Gasteiger partial charge in [-0.25, -0.2) is 9.59 Å². The Morgan fingerprint density at radius 2 is 2.05 bits per heavy atom. The lowest BCUT2D eigenvalue weighted by Crippen LogP contribution is -2.62. The first kappa shape index (κ1) is 17.7. The molecule has 21 heavy (non-hydrogen) atoms. The number of carbonyl (C=O) groups excluding carboxylic acids is 1. The Labute approximate surface area is 125 Å².